The van der Waals surface area contributed by atoms with Gasteiger partial charge in [0.05, 0.1) is 5.69 Å². The summed E-state index contributed by atoms with van der Waals surface area (Å²) >= 11 is 0. The van der Waals surface area contributed by atoms with Gasteiger partial charge in [0.1, 0.15) is 5.75 Å². The molecule has 20 heavy (non-hydrogen) atoms. The Hall–Kier alpha value is -1.55. The van der Waals surface area contributed by atoms with Gasteiger partial charge >= 0.3 is 0 Å². The van der Waals surface area contributed by atoms with Gasteiger partial charge in [-0.3, -0.25) is 4.79 Å². The van der Waals surface area contributed by atoms with E-state index in [1.165, 1.54) is 5.56 Å². The summed E-state index contributed by atoms with van der Waals surface area (Å²) in [6, 6.07) is 6.31. The van der Waals surface area contributed by atoms with Crippen LogP contribution in [-0.4, -0.2) is 19.1 Å². The zero-order valence-electron chi connectivity index (χ0n) is 12.7. The van der Waals surface area contributed by atoms with Gasteiger partial charge in [0.25, 0.3) is 5.91 Å². The van der Waals surface area contributed by atoms with Gasteiger partial charge in [-0.1, -0.05) is 33.8 Å². The molecule has 0 radical (unpaired) electrons. The van der Waals surface area contributed by atoms with E-state index < -0.39 is 0 Å². The van der Waals surface area contributed by atoms with Crippen molar-refractivity contribution in [1.82, 2.24) is 5.32 Å². The molecular weight excluding hydrogens is 252 g/mol. The van der Waals surface area contributed by atoms with E-state index in [1.807, 2.05) is 12.1 Å². The normalized spacial score (nSPS) is 16.1. The number of nitrogens with one attached hydrogen (secondary N) is 2. The molecule has 0 saturated carbocycles. The van der Waals surface area contributed by atoms with E-state index in [0.717, 1.165) is 24.4 Å². The van der Waals surface area contributed by atoms with Crippen LogP contribution in [0.5, 0.6) is 5.75 Å². The molecule has 1 aliphatic heterocycles. The van der Waals surface area contributed by atoms with E-state index in [0.29, 0.717) is 0 Å². The van der Waals surface area contributed by atoms with Crippen LogP contribution in [0.4, 0.5) is 5.69 Å². The fourth-order valence-corrected chi connectivity index (χ4v) is 2.53. The van der Waals surface area contributed by atoms with Crippen LogP contribution in [0.15, 0.2) is 18.2 Å². The van der Waals surface area contributed by atoms with Crippen LogP contribution in [0, 0.1) is 5.41 Å². The molecule has 2 N–H and O–H groups in total. The second-order valence-corrected chi connectivity index (χ2v) is 5.93. The van der Waals surface area contributed by atoms with Crippen LogP contribution >= 0.6 is 0 Å². The van der Waals surface area contributed by atoms with Crippen LogP contribution in [0.2, 0.25) is 0 Å². The third-order valence-electron chi connectivity index (χ3n) is 4.07. The Morgan fingerprint density at radius 2 is 2.15 bits per heavy atom. The second kappa shape index (κ2) is 5.83. The summed E-state index contributed by atoms with van der Waals surface area (Å²) in [5, 5.41) is 6.43. The number of anilines is 1. The van der Waals surface area contributed by atoms with Gasteiger partial charge in [-0.2, -0.15) is 0 Å². The average molecular weight is 276 g/mol. The van der Waals surface area contributed by atoms with E-state index in [9.17, 15) is 4.79 Å². The third-order valence-corrected chi connectivity index (χ3v) is 4.07. The van der Waals surface area contributed by atoms with Crippen molar-refractivity contribution in [3.8, 4) is 5.75 Å². The average Bonchev–Trinajstić information content (AvgIpc) is 2.43. The SMILES string of the molecule is CCNC(c1ccc2c(c1)NC(=O)CO2)C(C)(C)CC. The summed E-state index contributed by atoms with van der Waals surface area (Å²) in [5.74, 6) is 0.655. The lowest BCUT2D eigenvalue weighted by Crippen LogP contribution is -2.34. The molecule has 0 saturated heterocycles. The lowest BCUT2D eigenvalue weighted by molar-refractivity contribution is -0.118. The lowest BCUT2D eigenvalue weighted by atomic mass is 9.78. The summed E-state index contributed by atoms with van der Waals surface area (Å²) in [5.41, 5.74) is 2.10. The fraction of sp³-hybridized carbons (Fsp3) is 0.562. The van der Waals surface area contributed by atoms with Crippen LogP contribution in [0.25, 0.3) is 0 Å². The molecule has 4 heteroatoms. The van der Waals surface area contributed by atoms with Crippen molar-refractivity contribution in [2.75, 3.05) is 18.5 Å². The smallest absolute Gasteiger partial charge is 0.262 e. The van der Waals surface area contributed by atoms with Crippen molar-refractivity contribution in [1.29, 1.82) is 0 Å². The monoisotopic (exact) mass is 276 g/mol. The number of rotatable bonds is 5. The number of hydrogen-bond donors (Lipinski definition) is 2. The fourth-order valence-electron chi connectivity index (χ4n) is 2.53. The molecule has 1 aromatic carbocycles. The summed E-state index contributed by atoms with van der Waals surface area (Å²) in [7, 11) is 0. The van der Waals surface area contributed by atoms with Crippen LogP contribution in [0.3, 0.4) is 0 Å². The summed E-state index contributed by atoms with van der Waals surface area (Å²) in [6.07, 6.45) is 1.07. The van der Waals surface area contributed by atoms with Gasteiger partial charge in [-0.05, 0) is 36.1 Å². The third kappa shape index (κ3) is 2.96. The predicted molar refractivity (Wildman–Crippen MR) is 81.1 cm³/mol. The molecule has 0 aromatic heterocycles. The molecule has 1 unspecified atom stereocenters. The van der Waals surface area contributed by atoms with E-state index in [2.05, 4.69) is 44.4 Å². The Morgan fingerprint density at radius 1 is 1.40 bits per heavy atom. The Morgan fingerprint density at radius 3 is 2.80 bits per heavy atom. The van der Waals surface area contributed by atoms with Crippen LogP contribution in [0.1, 0.15) is 45.7 Å². The maximum atomic E-state index is 11.4. The number of fused-ring (bicyclic) bond motifs is 1. The standard InChI is InChI=1S/C16H24N2O2/c1-5-16(3,4)15(17-6-2)11-7-8-13-12(9-11)18-14(19)10-20-13/h7-9,15,17H,5-6,10H2,1-4H3,(H,18,19). The zero-order valence-corrected chi connectivity index (χ0v) is 12.7. The number of ether oxygens (including phenoxy) is 1. The summed E-state index contributed by atoms with van der Waals surface area (Å²) < 4.78 is 5.41. The molecule has 1 aliphatic rings. The topological polar surface area (TPSA) is 50.4 Å². The molecule has 1 amide bonds. The maximum absolute atomic E-state index is 11.4. The predicted octanol–water partition coefficient (Wildman–Crippen LogP) is 3.10. The largest absolute Gasteiger partial charge is 0.482 e. The van der Waals surface area contributed by atoms with Crippen molar-refractivity contribution in [3.63, 3.8) is 0 Å². The highest BCUT2D eigenvalue weighted by atomic mass is 16.5. The molecular formula is C16H24N2O2. The molecule has 2 rings (SSSR count). The minimum Gasteiger partial charge on any atom is -0.482 e. The van der Waals surface area contributed by atoms with Crippen LogP contribution < -0.4 is 15.4 Å². The first-order valence-electron chi connectivity index (χ1n) is 7.28. The molecule has 1 heterocycles. The minimum atomic E-state index is -0.0931. The number of benzene rings is 1. The van der Waals surface area contributed by atoms with Gasteiger partial charge < -0.3 is 15.4 Å². The molecule has 1 aromatic rings. The number of amides is 1. The number of carbonyl (C=O) groups excluding carboxylic acids is 1. The Kier molecular flexibility index (Phi) is 4.33. The second-order valence-electron chi connectivity index (χ2n) is 5.93. The van der Waals surface area contributed by atoms with Crippen molar-refractivity contribution in [2.24, 2.45) is 5.41 Å². The van der Waals surface area contributed by atoms with Crippen LogP contribution in [-0.2, 0) is 4.79 Å². The lowest BCUT2D eigenvalue weighted by Gasteiger charge is -2.35. The van der Waals surface area contributed by atoms with Gasteiger partial charge in [-0.25, -0.2) is 0 Å². The zero-order chi connectivity index (χ0) is 14.8. The number of hydrogen-bond acceptors (Lipinski definition) is 3. The molecule has 110 valence electrons. The van der Waals surface area contributed by atoms with Crippen molar-refractivity contribution in [3.05, 3.63) is 23.8 Å². The Labute approximate surface area is 120 Å². The van der Waals surface area contributed by atoms with Crippen molar-refractivity contribution < 1.29 is 9.53 Å². The minimum absolute atomic E-state index is 0.0931. The van der Waals surface area contributed by atoms with Crippen molar-refractivity contribution >= 4 is 11.6 Å². The molecule has 0 spiro atoms. The highest BCUT2D eigenvalue weighted by Gasteiger charge is 2.29. The quantitative estimate of drug-likeness (QED) is 0.869. The van der Waals surface area contributed by atoms with Crippen molar-refractivity contribution in [2.45, 2.75) is 40.2 Å². The molecule has 1 atom stereocenters. The van der Waals surface area contributed by atoms with Gasteiger partial charge in [-0.15, -0.1) is 0 Å². The van der Waals surface area contributed by atoms with E-state index in [-0.39, 0.29) is 24.0 Å². The maximum Gasteiger partial charge on any atom is 0.262 e. The molecule has 0 aliphatic carbocycles. The molecule has 0 fully saturated rings. The molecule has 4 nitrogen and oxygen atoms in total. The van der Waals surface area contributed by atoms with Gasteiger partial charge in [0, 0.05) is 6.04 Å². The highest BCUT2D eigenvalue weighted by molar-refractivity contribution is 5.95. The van der Waals surface area contributed by atoms with E-state index in [1.54, 1.807) is 0 Å². The Balaban J connectivity index is 2.35. The molecule has 0 bridgehead atoms. The first kappa shape index (κ1) is 14.9. The summed E-state index contributed by atoms with van der Waals surface area (Å²) in [6.45, 7) is 9.84. The number of carbonyl (C=O) groups is 1. The van der Waals surface area contributed by atoms with Gasteiger partial charge in [0.2, 0.25) is 0 Å². The first-order valence-corrected chi connectivity index (χ1v) is 7.28. The highest BCUT2D eigenvalue weighted by Crippen LogP contribution is 2.39. The first-order chi connectivity index (χ1) is 9.47. The van der Waals surface area contributed by atoms with E-state index >= 15 is 0 Å². The van der Waals surface area contributed by atoms with E-state index in [4.69, 9.17) is 4.74 Å². The Bertz CT molecular complexity index is 497. The van der Waals surface area contributed by atoms with Gasteiger partial charge in [0.15, 0.2) is 6.61 Å². The summed E-state index contributed by atoms with van der Waals surface area (Å²) in [4.78, 5) is 11.4.